The summed E-state index contributed by atoms with van der Waals surface area (Å²) in [5.74, 6) is -0.385. The van der Waals surface area contributed by atoms with Crippen LogP contribution in [0, 0.1) is 5.82 Å². The standard InChI is InChI=1S/C31H28FN3O4S/c1-38-29-17-14-25(18-27(29)32)30-28(21-39-20-23-10-6-3-7-11-23)35(19-22-8-4-2-5-9-22)34-31(30)24-12-15-26(16-13-24)40(33,36)37/h2-18H,19-21H2,1H3,(H2,33,36,37). The van der Waals surface area contributed by atoms with E-state index in [1.165, 1.54) is 25.3 Å². The van der Waals surface area contributed by atoms with Crippen LogP contribution in [0.1, 0.15) is 16.8 Å². The van der Waals surface area contributed by atoms with Gasteiger partial charge in [0, 0.05) is 11.1 Å². The van der Waals surface area contributed by atoms with E-state index in [-0.39, 0.29) is 17.3 Å². The number of sulfonamides is 1. The molecule has 0 aliphatic rings. The van der Waals surface area contributed by atoms with E-state index in [2.05, 4.69) is 0 Å². The molecule has 0 amide bonds. The van der Waals surface area contributed by atoms with Crippen LogP contribution in [0.2, 0.25) is 0 Å². The van der Waals surface area contributed by atoms with Crippen LogP contribution in [0.5, 0.6) is 5.75 Å². The van der Waals surface area contributed by atoms with Gasteiger partial charge in [-0.2, -0.15) is 5.10 Å². The lowest BCUT2D eigenvalue weighted by atomic mass is 9.98. The topological polar surface area (TPSA) is 96.4 Å². The van der Waals surface area contributed by atoms with Crippen LogP contribution in [0.3, 0.4) is 0 Å². The van der Waals surface area contributed by atoms with Crippen molar-refractivity contribution in [1.29, 1.82) is 0 Å². The summed E-state index contributed by atoms with van der Waals surface area (Å²) >= 11 is 0. The molecule has 7 nitrogen and oxygen atoms in total. The first-order valence-electron chi connectivity index (χ1n) is 12.6. The zero-order valence-corrected chi connectivity index (χ0v) is 22.6. The summed E-state index contributed by atoms with van der Waals surface area (Å²) in [6, 6.07) is 30.6. The molecule has 0 atom stereocenters. The van der Waals surface area contributed by atoms with E-state index in [0.717, 1.165) is 16.8 Å². The fourth-order valence-electron chi connectivity index (χ4n) is 4.50. The van der Waals surface area contributed by atoms with Crippen molar-refractivity contribution in [2.24, 2.45) is 5.14 Å². The summed E-state index contributed by atoms with van der Waals surface area (Å²) in [6.07, 6.45) is 0. The number of benzene rings is 4. The Bertz CT molecular complexity index is 1710. The Kier molecular flexibility index (Phi) is 8.06. The number of methoxy groups -OCH3 is 1. The molecular weight excluding hydrogens is 529 g/mol. The summed E-state index contributed by atoms with van der Waals surface area (Å²) in [4.78, 5) is -0.0107. The van der Waals surface area contributed by atoms with Gasteiger partial charge >= 0.3 is 0 Å². The molecule has 40 heavy (non-hydrogen) atoms. The van der Waals surface area contributed by atoms with Crippen molar-refractivity contribution in [2.75, 3.05) is 7.11 Å². The van der Waals surface area contributed by atoms with Crippen LogP contribution in [0.15, 0.2) is 108 Å². The molecule has 0 saturated heterocycles. The SMILES string of the molecule is COc1ccc(-c2c(-c3ccc(S(N)(=O)=O)cc3)nn(Cc3ccccc3)c2COCc2ccccc2)cc1F. The zero-order chi connectivity index (χ0) is 28.1. The van der Waals surface area contributed by atoms with Gasteiger partial charge in [-0.15, -0.1) is 0 Å². The summed E-state index contributed by atoms with van der Waals surface area (Å²) in [5, 5.41) is 10.3. The van der Waals surface area contributed by atoms with Gasteiger partial charge in [-0.3, -0.25) is 4.68 Å². The van der Waals surface area contributed by atoms with E-state index < -0.39 is 15.8 Å². The van der Waals surface area contributed by atoms with Gasteiger partial charge in [0.15, 0.2) is 11.6 Å². The molecule has 204 valence electrons. The van der Waals surface area contributed by atoms with E-state index in [4.69, 9.17) is 19.7 Å². The summed E-state index contributed by atoms with van der Waals surface area (Å²) in [6.45, 7) is 1.03. The minimum Gasteiger partial charge on any atom is -0.494 e. The van der Waals surface area contributed by atoms with E-state index in [0.29, 0.717) is 35.5 Å². The third-order valence-corrected chi connectivity index (χ3v) is 7.41. The Morgan fingerprint density at radius 1 is 0.825 bits per heavy atom. The first kappa shape index (κ1) is 27.3. The molecule has 1 heterocycles. The quantitative estimate of drug-likeness (QED) is 0.235. The molecule has 9 heteroatoms. The lowest BCUT2D eigenvalue weighted by Gasteiger charge is -2.12. The number of ether oxygens (including phenoxy) is 2. The zero-order valence-electron chi connectivity index (χ0n) is 21.8. The number of halogens is 1. The third kappa shape index (κ3) is 6.12. The average Bonchev–Trinajstić information content (AvgIpc) is 3.31. The molecular formula is C31H28FN3O4S. The van der Waals surface area contributed by atoms with E-state index in [1.807, 2.05) is 65.3 Å². The van der Waals surface area contributed by atoms with Crippen molar-refractivity contribution in [3.63, 3.8) is 0 Å². The van der Waals surface area contributed by atoms with Gasteiger partial charge < -0.3 is 9.47 Å². The van der Waals surface area contributed by atoms with Crippen molar-refractivity contribution < 1.29 is 22.3 Å². The van der Waals surface area contributed by atoms with Gasteiger partial charge in [0.2, 0.25) is 10.0 Å². The molecule has 1 aromatic heterocycles. The fourth-order valence-corrected chi connectivity index (χ4v) is 5.02. The number of primary sulfonamides is 1. The number of aromatic nitrogens is 2. The highest BCUT2D eigenvalue weighted by Crippen LogP contribution is 2.37. The smallest absolute Gasteiger partial charge is 0.238 e. The first-order valence-corrected chi connectivity index (χ1v) is 14.1. The Morgan fingerprint density at radius 3 is 2.05 bits per heavy atom. The van der Waals surface area contributed by atoms with Crippen molar-refractivity contribution in [2.45, 2.75) is 24.7 Å². The van der Waals surface area contributed by atoms with Crippen LogP contribution in [-0.2, 0) is 34.5 Å². The maximum Gasteiger partial charge on any atom is 0.238 e. The van der Waals surface area contributed by atoms with Crippen LogP contribution in [-0.4, -0.2) is 25.3 Å². The second-order valence-electron chi connectivity index (χ2n) is 9.21. The molecule has 5 aromatic rings. The maximum atomic E-state index is 14.9. The third-order valence-electron chi connectivity index (χ3n) is 6.48. The average molecular weight is 558 g/mol. The Hall–Kier alpha value is -4.31. The number of hydrogen-bond acceptors (Lipinski definition) is 5. The van der Waals surface area contributed by atoms with Gasteiger partial charge in [0.1, 0.15) is 5.69 Å². The molecule has 0 radical (unpaired) electrons. The highest BCUT2D eigenvalue weighted by molar-refractivity contribution is 7.89. The van der Waals surface area contributed by atoms with Gasteiger partial charge in [-0.05, 0) is 41.0 Å². The second-order valence-corrected chi connectivity index (χ2v) is 10.8. The molecule has 0 unspecified atom stereocenters. The van der Waals surface area contributed by atoms with Gasteiger partial charge in [0.25, 0.3) is 0 Å². The second kappa shape index (κ2) is 11.8. The van der Waals surface area contributed by atoms with E-state index >= 15 is 0 Å². The van der Waals surface area contributed by atoms with Crippen molar-refractivity contribution >= 4 is 10.0 Å². The molecule has 4 aromatic carbocycles. The summed E-state index contributed by atoms with van der Waals surface area (Å²) < 4.78 is 51.8. The number of hydrogen-bond donors (Lipinski definition) is 1. The monoisotopic (exact) mass is 557 g/mol. The molecule has 0 fully saturated rings. The van der Waals surface area contributed by atoms with Gasteiger partial charge in [0.05, 0.1) is 37.5 Å². The largest absolute Gasteiger partial charge is 0.494 e. The van der Waals surface area contributed by atoms with E-state index in [1.54, 1.807) is 24.3 Å². The molecule has 0 aliphatic carbocycles. The predicted molar refractivity (Wildman–Crippen MR) is 151 cm³/mol. The van der Waals surface area contributed by atoms with Crippen molar-refractivity contribution in [3.05, 3.63) is 126 Å². The molecule has 0 bridgehead atoms. The van der Waals surface area contributed by atoms with Crippen LogP contribution >= 0.6 is 0 Å². The lowest BCUT2D eigenvalue weighted by Crippen LogP contribution is -2.11. The predicted octanol–water partition coefficient (Wildman–Crippen LogP) is 5.78. The van der Waals surface area contributed by atoms with Crippen LogP contribution < -0.4 is 9.88 Å². The van der Waals surface area contributed by atoms with Crippen LogP contribution in [0.25, 0.3) is 22.4 Å². The highest BCUT2D eigenvalue weighted by atomic mass is 32.2. The van der Waals surface area contributed by atoms with Crippen molar-refractivity contribution in [3.8, 4) is 28.1 Å². The molecule has 0 spiro atoms. The molecule has 2 N–H and O–H groups in total. The first-order chi connectivity index (χ1) is 19.3. The Morgan fingerprint density at radius 2 is 1.45 bits per heavy atom. The van der Waals surface area contributed by atoms with Gasteiger partial charge in [-0.1, -0.05) is 78.9 Å². The minimum absolute atomic E-state index is 0.0107. The summed E-state index contributed by atoms with van der Waals surface area (Å²) in [5.41, 5.74) is 5.25. The fraction of sp³-hybridized carbons (Fsp3) is 0.129. The molecule has 0 aliphatic heterocycles. The number of rotatable bonds is 10. The van der Waals surface area contributed by atoms with Crippen LogP contribution in [0.4, 0.5) is 4.39 Å². The number of nitrogens with two attached hydrogens (primary N) is 1. The molecule has 5 rings (SSSR count). The normalized spacial score (nSPS) is 11.5. The maximum absolute atomic E-state index is 14.9. The van der Waals surface area contributed by atoms with E-state index in [9.17, 15) is 12.8 Å². The minimum atomic E-state index is -3.87. The van der Waals surface area contributed by atoms with Gasteiger partial charge in [-0.25, -0.2) is 17.9 Å². The highest BCUT2D eigenvalue weighted by Gasteiger charge is 2.23. The Balaban J connectivity index is 1.65. The Labute approximate surface area is 232 Å². The van der Waals surface area contributed by atoms with Crippen molar-refractivity contribution in [1.82, 2.24) is 9.78 Å². The molecule has 0 saturated carbocycles. The summed E-state index contributed by atoms with van der Waals surface area (Å²) in [7, 11) is -2.45. The number of nitrogens with zero attached hydrogens (tertiary/aromatic N) is 2. The lowest BCUT2D eigenvalue weighted by molar-refractivity contribution is 0.102.